The number of anilines is 1. The highest BCUT2D eigenvalue weighted by Gasteiger charge is 2.32. The SMILES string of the molecule is CC1CC(C(=O)O)CN(C(=O)c2cccc(NC(=O)c3cccnc3)c2)C1. The van der Waals surface area contributed by atoms with Crippen molar-refractivity contribution in [1.82, 2.24) is 9.88 Å². The van der Waals surface area contributed by atoms with Gasteiger partial charge in [-0.05, 0) is 42.7 Å². The Morgan fingerprint density at radius 1 is 1.15 bits per heavy atom. The molecule has 3 rings (SSSR count). The molecule has 1 saturated heterocycles. The summed E-state index contributed by atoms with van der Waals surface area (Å²) in [7, 11) is 0. The van der Waals surface area contributed by atoms with Gasteiger partial charge >= 0.3 is 5.97 Å². The van der Waals surface area contributed by atoms with E-state index in [9.17, 15) is 19.5 Å². The smallest absolute Gasteiger partial charge is 0.308 e. The van der Waals surface area contributed by atoms with Gasteiger partial charge in [-0.1, -0.05) is 13.0 Å². The summed E-state index contributed by atoms with van der Waals surface area (Å²) >= 11 is 0. The lowest BCUT2D eigenvalue weighted by molar-refractivity contribution is -0.143. The Bertz CT molecular complexity index is 853. The van der Waals surface area contributed by atoms with Crippen molar-refractivity contribution in [3.05, 3.63) is 59.9 Å². The van der Waals surface area contributed by atoms with E-state index >= 15 is 0 Å². The van der Waals surface area contributed by atoms with E-state index in [-0.39, 0.29) is 24.3 Å². The number of carbonyl (C=O) groups excluding carboxylic acids is 2. The molecule has 1 aromatic carbocycles. The number of likely N-dealkylation sites (tertiary alicyclic amines) is 1. The molecular weight excluding hydrogens is 346 g/mol. The molecular formula is C20H21N3O4. The number of amides is 2. The predicted molar refractivity (Wildman–Crippen MR) is 99.4 cm³/mol. The number of benzene rings is 1. The van der Waals surface area contributed by atoms with Crippen molar-refractivity contribution >= 4 is 23.5 Å². The number of carboxylic acid groups (broad SMARTS) is 1. The second kappa shape index (κ2) is 7.99. The molecule has 0 bridgehead atoms. The number of aromatic nitrogens is 1. The van der Waals surface area contributed by atoms with Crippen LogP contribution < -0.4 is 5.32 Å². The van der Waals surface area contributed by atoms with Crippen molar-refractivity contribution in [3.63, 3.8) is 0 Å². The molecule has 27 heavy (non-hydrogen) atoms. The molecule has 1 fully saturated rings. The lowest BCUT2D eigenvalue weighted by Crippen LogP contribution is -2.45. The predicted octanol–water partition coefficient (Wildman–Crippen LogP) is 2.52. The van der Waals surface area contributed by atoms with Crippen LogP contribution in [0.25, 0.3) is 0 Å². The van der Waals surface area contributed by atoms with Gasteiger partial charge in [-0.25, -0.2) is 0 Å². The number of hydrogen-bond acceptors (Lipinski definition) is 4. The minimum Gasteiger partial charge on any atom is -0.481 e. The maximum absolute atomic E-state index is 12.8. The first kappa shape index (κ1) is 18.6. The summed E-state index contributed by atoms with van der Waals surface area (Å²) in [6.45, 7) is 2.67. The van der Waals surface area contributed by atoms with E-state index in [0.29, 0.717) is 29.8 Å². The lowest BCUT2D eigenvalue weighted by atomic mass is 9.90. The van der Waals surface area contributed by atoms with Crippen LogP contribution in [0.4, 0.5) is 5.69 Å². The van der Waals surface area contributed by atoms with Gasteiger partial charge < -0.3 is 15.3 Å². The molecule has 2 N–H and O–H groups in total. The van der Waals surface area contributed by atoms with Gasteiger partial charge in [-0.3, -0.25) is 19.4 Å². The van der Waals surface area contributed by atoms with Gasteiger partial charge in [0.15, 0.2) is 0 Å². The maximum atomic E-state index is 12.8. The summed E-state index contributed by atoms with van der Waals surface area (Å²) < 4.78 is 0. The Morgan fingerprint density at radius 2 is 1.93 bits per heavy atom. The molecule has 2 aromatic rings. The summed E-state index contributed by atoms with van der Waals surface area (Å²) in [6.07, 6.45) is 3.62. The third kappa shape index (κ3) is 4.49. The number of piperidine rings is 1. The third-order valence-electron chi connectivity index (χ3n) is 4.59. The Balaban J connectivity index is 1.74. The first-order valence-electron chi connectivity index (χ1n) is 8.77. The number of nitrogens with zero attached hydrogens (tertiary/aromatic N) is 2. The number of hydrogen-bond donors (Lipinski definition) is 2. The van der Waals surface area contributed by atoms with Gasteiger partial charge in [-0.2, -0.15) is 0 Å². The summed E-state index contributed by atoms with van der Waals surface area (Å²) in [5.74, 6) is -1.85. The van der Waals surface area contributed by atoms with Gasteiger partial charge in [0.05, 0.1) is 11.5 Å². The van der Waals surface area contributed by atoms with Crippen molar-refractivity contribution < 1.29 is 19.5 Å². The van der Waals surface area contributed by atoms with Crippen LogP contribution in [0, 0.1) is 11.8 Å². The van der Waals surface area contributed by atoms with Gasteiger partial charge in [0.2, 0.25) is 0 Å². The average molecular weight is 367 g/mol. The molecule has 2 heterocycles. The van der Waals surface area contributed by atoms with Crippen molar-refractivity contribution in [1.29, 1.82) is 0 Å². The van der Waals surface area contributed by atoms with Crippen LogP contribution in [0.3, 0.4) is 0 Å². The maximum Gasteiger partial charge on any atom is 0.308 e. The molecule has 2 atom stereocenters. The van der Waals surface area contributed by atoms with E-state index < -0.39 is 11.9 Å². The summed E-state index contributed by atoms with van der Waals surface area (Å²) in [4.78, 5) is 41.9. The molecule has 2 amide bonds. The number of carbonyl (C=O) groups is 3. The van der Waals surface area contributed by atoms with Crippen LogP contribution in [-0.2, 0) is 4.79 Å². The molecule has 0 spiro atoms. The number of carboxylic acids is 1. The molecule has 1 aromatic heterocycles. The normalized spacial score (nSPS) is 19.4. The molecule has 7 heteroatoms. The van der Waals surface area contributed by atoms with E-state index in [0.717, 1.165) is 0 Å². The van der Waals surface area contributed by atoms with Crippen LogP contribution in [0.2, 0.25) is 0 Å². The molecule has 2 unspecified atom stereocenters. The van der Waals surface area contributed by atoms with E-state index in [1.54, 1.807) is 47.5 Å². The average Bonchev–Trinajstić information content (AvgIpc) is 2.67. The fourth-order valence-corrected chi connectivity index (χ4v) is 3.31. The highest BCUT2D eigenvalue weighted by atomic mass is 16.4. The Morgan fingerprint density at radius 3 is 2.63 bits per heavy atom. The second-order valence-electron chi connectivity index (χ2n) is 6.86. The standard InChI is InChI=1S/C20H21N3O4/c1-13-8-16(20(26)27)12-23(11-13)19(25)14-4-2-6-17(9-14)22-18(24)15-5-3-7-21-10-15/h2-7,9-10,13,16H,8,11-12H2,1H3,(H,22,24)(H,26,27). The molecule has 0 radical (unpaired) electrons. The van der Waals surface area contributed by atoms with Crippen molar-refractivity contribution in [2.24, 2.45) is 11.8 Å². The summed E-state index contributed by atoms with van der Waals surface area (Å²) in [5.41, 5.74) is 1.33. The fourth-order valence-electron chi connectivity index (χ4n) is 3.31. The molecule has 1 aliphatic rings. The number of pyridine rings is 1. The van der Waals surface area contributed by atoms with E-state index in [1.165, 1.54) is 6.20 Å². The van der Waals surface area contributed by atoms with Crippen molar-refractivity contribution in [2.45, 2.75) is 13.3 Å². The Labute approximate surface area is 157 Å². The zero-order valence-corrected chi connectivity index (χ0v) is 15.0. The quantitative estimate of drug-likeness (QED) is 0.865. The molecule has 7 nitrogen and oxygen atoms in total. The zero-order valence-electron chi connectivity index (χ0n) is 15.0. The molecule has 1 aliphatic heterocycles. The van der Waals surface area contributed by atoms with Crippen LogP contribution in [0.15, 0.2) is 48.8 Å². The fraction of sp³-hybridized carbons (Fsp3) is 0.300. The largest absolute Gasteiger partial charge is 0.481 e. The minimum absolute atomic E-state index is 0.122. The van der Waals surface area contributed by atoms with Crippen LogP contribution >= 0.6 is 0 Å². The summed E-state index contributed by atoms with van der Waals surface area (Å²) in [5, 5.41) is 12.0. The van der Waals surface area contributed by atoms with Crippen LogP contribution in [0.1, 0.15) is 34.1 Å². The van der Waals surface area contributed by atoms with Gasteiger partial charge in [-0.15, -0.1) is 0 Å². The minimum atomic E-state index is -0.878. The lowest BCUT2D eigenvalue weighted by Gasteiger charge is -2.34. The molecule has 0 aliphatic carbocycles. The monoisotopic (exact) mass is 367 g/mol. The highest BCUT2D eigenvalue weighted by molar-refractivity contribution is 6.05. The summed E-state index contributed by atoms with van der Waals surface area (Å²) in [6, 6.07) is 9.98. The van der Waals surface area contributed by atoms with Crippen molar-refractivity contribution in [2.75, 3.05) is 18.4 Å². The zero-order chi connectivity index (χ0) is 19.4. The first-order chi connectivity index (χ1) is 12.9. The van der Waals surface area contributed by atoms with E-state index in [2.05, 4.69) is 10.3 Å². The first-order valence-corrected chi connectivity index (χ1v) is 8.77. The van der Waals surface area contributed by atoms with E-state index in [1.807, 2.05) is 6.92 Å². The topological polar surface area (TPSA) is 99.6 Å². The van der Waals surface area contributed by atoms with Crippen molar-refractivity contribution in [3.8, 4) is 0 Å². The van der Waals surface area contributed by atoms with Gasteiger partial charge in [0.25, 0.3) is 11.8 Å². The number of nitrogens with one attached hydrogen (secondary N) is 1. The van der Waals surface area contributed by atoms with Gasteiger partial charge in [0, 0.05) is 36.7 Å². The Hall–Kier alpha value is -3.22. The van der Waals surface area contributed by atoms with Crippen LogP contribution in [-0.4, -0.2) is 45.9 Å². The third-order valence-corrected chi connectivity index (χ3v) is 4.59. The number of rotatable bonds is 4. The second-order valence-corrected chi connectivity index (χ2v) is 6.86. The molecule has 140 valence electrons. The van der Waals surface area contributed by atoms with E-state index in [4.69, 9.17) is 0 Å². The Kier molecular flexibility index (Phi) is 5.49. The number of aliphatic carboxylic acids is 1. The highest BCUT2D eigenvalue weighted by Crippen LogP contribution is 2.24. The van der Waals surface area contributed by atoms with Crippen LogP contribution in [0.5, 0.6) is 0 Å². The molecule has 0 saturated carbocycles. The van der Waals surface area contributed by atoms with Gasteiger partial charge in [0.1, 0.15) is 0 Å².